The summed E-state index contributed by atoms with van der Waals surface area (Å²) in [5.74, 6) is 0.0141. The SMILES string of the molecule is CCN(CCC#N)C(=O)c1ccc(C)cc1C. The molecular weight excluding hydrogens is 212 g/mol. The number of carbonyl (C=O) groups is 1. The molecule has 0 saturated carbocycles. The van der Waals surface area contributed by atoms with Crippen LogP contribution in [-0.2, 0) is 0 Å². The molecule has 0 heterocycles. The van der Waals surface area contributed by atoms with Gasteiger partial charge < -0.3 is 4.90 Å². The van der Waals surface area contributed by atoms with Gasteiger partial charge >= 0.3 is 0 Å². The third-order valence-electron chi connectivity index (χ3n) is 2.77. The van der Waals surface area contributed by atoms with E-state index in [9.17, 15) is 4.79 Å². The molecule has 0 aliphatic rings. The molecule has 1 aromatic carbocycles. The maximum absolute atomic E-state index is 12.2. The summed E-state index contributed by atoms with van der Waals surface area (Å²) in [6.45, 7) is 7.01. The van der Waals surface area contributed by atoms with E-state index in [1.54, 1.807) is 4.90 Å². The van der Waals surface area contributed by atoms with E-state index in [0.29, 0.717) is 19.5 Å². The second-order valence-electron chi connectivity index (χ2n) is 4.11. The Morgan fingerprint density at radius 2 is 2.12 bits per heavy atom. The van der Waals surface area contributed by atoms with Gasteiger partial charge in [0.2, 0.25) is 0 Å². The van der Waals surface area contributed by atoms with Crippen molar-refractivity contribution in [3.8, 4) is 6.07 Å². The van der Waals surface area contributed by atoms with Gasteiger partial charge in [0.15, 0.2) is 0 Å². The third-order valence-corrected chi connectivity index (χ3v) is 2.77. The molecule has 0 aliphatic carbocycles. The van der Waals surface area contributed by atoms with Crippen LogP contribution < -0.4 is 0 Å². The van der Waals surface area contributed by atoms with Gasteiger partial charge in [0, 0.05) is 18.7 Å². The summed E-state index contributed by atoms with van der Waals surface area (Å²) in [5, 5.41) is 8.57. The average Bonchev–Trinajstić information content (AvgIpc) is 2.29. The molecule has 3 heteroatoms. The molecule has 0 atom stereocenters. The molecular formula is C14H18N2O. The highest BCUT2D eigenvalue weighted by Gasteiger charge is 2.15. The molecule has 3 nitrogen and oxygen atoms in total. The monoisotopic (exact) mass is 230 g/mol. The lowest BCUT2D eigenvalue weighted by molar-refractivity contribution is 0.0767. The van der Waals surface area contributed by atoms with Crippen molar-refractivity contribution >= 4 is 5.91 Å². The van der Waals surface area contributed by atoms with Crippen molar-refractivity contribution in [2.75, 3.05) is 13.1 Å². The van der Waals surface area contributed by atoms with Crippen molar-refractivity contribution in [2.24, 2.45) is 0 Å². The first kappa shape index (κ1) is 13.2. The average molecular weight is 230 g/mol. The molecule has 17 heavy (non-hydrogen) atoms. The number of hydrogen-bond acceptors (Lipinski definition) is 2. The molecule has 1 rings (SSSR count). The lowest BCUT2D eigenvalue weighted by Crippen LogP contribution is -2.32. The highest BCUT2D eigenvalue weighted by molar-refractivity contribution is 5.95. The Hall–Kier alpha value is -1.82. The Bertz CT molecular complexity index is 446. The number of hydrogen-bond donors (Lipinski definition) is 0. The van der Waals surface area contributed by atoms with E-state index in [4.69, 9.17) is 5.26 Å². The van der Waals surface area contributed by atoms with Gasteiger partial charge in [-0.15, -0.1) is 0 Å². The molecule has 0 N–H and O–H groups in total. The summed E-state index contributed by atoms with van der Waals surface area (Å²) in [6.07, 6.45) is 0.379. The largest absolute Gasteiger partial charge is 0.338 e. The predicted molar refractivity (Wildman–Crippen MR) is 67.7 cm³/mol. The Morgan fingerprint density at radius 1 is 1.41 bits per heavy atom. The number of benzene rings is 1. The molecule has 0 fully saturated rings. The molecule has 0 unspecified atom stereocenters. The molecule has 0 aliphatic heterocycles. The van der Waals surface area contributed by atoms with Crippen molar-refractivity contribution < 1.29 is 4.79 Å². The number of nitriles is 1. The molecule has 0 saturated heterocycles. The fraction of sp³-hybridized carbons (Fsp3) is 0.429. The molecule has 0 bridgehead atoms. The molecule has 0 aromatic heterocycles. The van der Waals surface area contributed by atoms with Crippen molar-refractivity contribution in [2.45, 2.75) is 27.2 Å². The summed E-state index contributed by atoms with van der Waals surface area (Å²) >= 11 is 0. The normalized spacial score (nSPS) is 9.76. The Labute approximate surface area is 103 Å². The third kappa shape index (κ3) is 3.32. The lowest BCUT2D eigenvalue weighted by Gasteiger charge is -2.20. The van der Waals surface area contributed by atoms with Gasteiger partial charge in [-0.3, -0.25) is 4.79 Å². The minimum Gasteiger partial charge on any atom is -0.338 e. The van der Waals surface area contributed by atoms with Crippen LogP contribution in [0.25, 0.3) is 0 Å². The van der Waals surface area contributed by atoms with Crippen LogP contribution in [0.5, 0.6) is 0 Å². The summed E-state index contributed by atoms with van der Waals surface area (Å²) in [7, 11) is 0. The van der Waals surface area contributed by atoms with Gasteiger partial charge in [-0.1, -0.05) is 17.7 Å². The number of nitrogens with zero attached hydrogens (tertiary/aromatic N) is 2. The minimum atomic E-state index is 0.0141. The zero-order chi connectivity index (χ0) is 12.8. The van der Waals surface area contributed by atoms with Crippen molar-refractivity contribution in [1.82, 2.24) is 4.90 Å². The zero-order valence-electron chi connectivity index (χ0n) is 10.7. The second-order valence-corrected chi connectivity index (χ2v) is 4.11. The standard InChI is InChI=1S/C14H18N2O/c1-4-16(9-5-8-15)14(17)13-7-6-11(2)10-12(13)3/h6-7,10H,4-5,9H2,1-3H3. The van der Waals surface area contributed by atoms with Crippen LogP contribution in [0.1, 0.15) is 34.8 Å². The van der Waals surface area contributed by atoms with Crippen LogP contribution in [-0.4, -0.2) is 23.9 Å². The summed E-state index contributed by atoms with van der Waals surface area (Å²) in [4.78, 5) is 13.9. The van der Waals surface area contributed by atoms with Crippen molar-refractivity contribution in [3.05, 3.63) is 34.9 Å². The van der Waals surface area contributed by atoms with E-state index in [0.717, 1.165) is 16.7 Å². The zero-order valence-corrected chi connectivity index (χ0v) is 10.7. The van der Waals surface area contributed by atoms with E-state index >= 15 is 0 Å². The van der Waals surface area contributed by atoms with Crippen LogP contribution in [0.3, 0.4) is 0 Å². The van der Waals surface area contributed by atoms with Crippen LogP contribution in [0, 0.1) is 25.2 Å². The maximum Gasteiger partial charge on any atom is 0.254 e. The van der Waals surface area contributed by atoms with Crippen LogP contribution in [0.15, 0.2) is 18.2 Å². The number of amides is 1. The quantitative estimate of drug-likeness (QED) is 0.798. The van der Waals surface area contributed by atoms with Gasteiger partial charge in [-0.25, -0.2) is 0 Å². The van der Waals surface area contributed by atoms with Gasteiger partial charge in [-0.2, -0.15) is 5.26 Å². The molecule has 90 valence electrons. The first-order valence-corrected chi connectivity index (χ1v) is 5.83. The molecule has 1 amide bonds. The summed E-state index contributed by atoms with van der Waals surface area (Å²) in [6, 6.07) is 7.88. The van der Waals surface area contributed by atoms with E-state index in [2.05, 4.69) is 6.07 Å². The Kier molecular flexibility index (Phi) is 4.71. The first-order chi connectivity index (χ1) is 8.10. The van der Waals surface area contributed by atoms with Gasteiger partial charge in [0.25, 0.3) is 5.91 Å². The highest BCUT2D eigenvalue weighted by Crippen LogP contribution is 2.13. The first-order valence-electron chi connectivity index (χ1n) is 5.83. The number of rotatable bonds is 4. The van der Waals surface area contributed by atoms with Crippen LogP contribution >= 0.6 is 0 Å². The fourth-order valence-corrected chi connectivity index (χ4v) is 1.81. The van der Waals surface area contributed by atoms with E-state index in [-0.39, 0.29) is 5.91 Å². The van der Waals surface area contributed by atoms with Crippen LogP contribution in [0.2, 0.25) is 0 Å². The van der Waals surface area contributed by atoms with Gasteiger partial charge in [0.05, 0.1) is 12.5 Å². The molecule has 1 aromatic rings. The second kappa shape index (κ2) is 6.05. The predicted octanol–water partition coefficient (Wildman–Crippen LogP) is 2.68. The topological polar surface area (TPSA) is 44.1 Å². The molecule has 0 spiro atoms. The van der Waals surface area contributed by atoms with Gasteiger partial charge in [-0.05, 0) is 32.4 Å². The minimum absolute atomic E-state index is 0.0141. The Balaban J connectivity index is 2.90. The Morgan fingerprint density at radius 3 is 2.65 bits per heavy atom. The van der Waals surface area contributed by atoms with Gasteiger partial charge in [0.1, 0.15) is 0 Å². The number of carbonyl (C=O) groups excluding carboxylic acids is 1. The number of aryl methyl sites for hydroxylation is 2. The maximum atomic E-state index is 12.2. The van der Waals surface area contributed by atoms with Crippen molar-refractivity contribution in [3.63, 3.8) is 0 Å². The molecule has 0 radical (unpaired) electrons. The van der Waals surface area contributed by atoms with E-state index < -0.39 is 0 Å². The fourth-order valence-electron chi connectivity index (χ4n) is 1.81. The lowest BCUT2D eigenvalue weighted by atomic mass is 10.0. The van der Waals surface area contributed by atoms with Crippen molar-refractivity contribution in [1.29, 1.82) is 5.26 Å². The highest BCUT2D eigenvalue weighted by atomic mass is 16.2. The van der Waals surface area contributed by atoms with E-state index in [1.807, 2.05) is 39.0 Å². The smallest absolute Gasteiger partial charge is 0.254 e. The summed E-state index contributed by atoms with van der Waals surface area (Å²) in [5.41, 5.74) is 2.87. The van der Waals surface area contributed by atoms with Crippen LogP contribution in [0.4, 0.5) is 0 Å². The summed E-state index contributed by atoms with van der Waals surface area (Å²) < 4.78 is 0. The van der Waals surface area contributed by atoms with E-state index in [1.165, 1.54) is 0 Å².